The van der Waals surface area contributed by atoms with Crippen molar-refractivity contribution in [2.45, 2.75) is 218 Å². The summed E-state index contributed by atoms with van der Waals surface area (Å²) < 4.78 is 54.0. The number of esters is 2. The maximum Gasteiger partial charge on any atom is 0.306 e. The van der Waals surface area contributed by atoms with Crippen molar-refractivity contribution < 1.29 is 56.8 Å². The summed E-state index contributed by atoms with van der Waals surface area (Å²) in [4.78, 5) is 25.3. The average molecular weight is 845 g/mol. The van der Waals surface area contributed by atoms with Gasteiger partial charge in [-0.3, -0.25) is 14.1 Å². The van der Waals surface area contributed by atoms with Gasteiger partial charge in [-0.25, -0.2) is 0 Å². The van der Waals surface area contributed by atoms with Crippen molar-refractivity contribution in [2.24, 2.45) is 0 Å². The number of rotatable bonds is 37. The van der Waals surface area contributed by atoms with Crippen LogP contribution in [0.25, 0.3) is 0 Å². The number of ether oxygens (including phenoxy) is 4. The summed E-state index contributed by atoms with van der Waals surface area (Å²) in [5.74, 6) is -2.06. The van der Waals surface area contributed by atoms with Crippen LogP contribution in [0.1, 0.15) is 181 Å². The van der Waals surface area contributed by atoms with E-state index in [2.05, 4.69) is 44.2 Å². The first kappa shape index (κ1) is 53.9. The molecular weight excluding hydrogens is 765 g/mol. The van der Waals surface area contributed by atoms with E-state index in [0.717, 1.165) is 51.4 Å². The fourth-order valence-corrected chi connectivity index (χ4v) is 7.38. The molecule has 0 aromatic heterocycles. The molecule has 1 rings (SSSR count). The third-order valence-corrected chi connectivity index (χ3v) is 11.0. The second-order valence-corrected chi connectivity index (χ2v) is 17.2. The first-order valence-corrected chi connectivity index (χ1v) is 24.2. The van der Waals surface area contributed by atoms with E-state index in [9.17, 15) is 37.9 Å². The number of hydrogen-bond donors (Lipinski definition) is 4. The Morgan fingerprint density at radius 2 is 1.07 bits per heavy atom. The number of unbranched alkanes of at least 4 members (excludes halogenated alkanes) is 20. The Morgan fingerprint density at radius 3 is 1.62 bits per heavy atom. The van der Waals surface area contributed by atoms with Crippen molar-refractivity contribution >= 4 is 22.1 Å². The molecule has 0 aromatic carbocycles. The highest BCUT2D eigenvalue weighted by Gasteiger charge is 2.46. The topological polar surface area (TPSA) is 186 Å². The molecular formula is C45H80O12S. The summed E-state index contributed by atoms with van der Waals surface area (Å²) in [7, 11) is -4.61. The van der Waals surface area contributed by atoms with Gasteiger partial charge in [0.25, 0.3) is 10.1 Å². The summed E-state index contributed by atoms with van der Waals surface area (Å²) in [6.45, 7) is 3.69. The maximum absolute atomic E-state index is 12.8. The van der Waals surface area contributed by atoms with Crippen LogP contribution in [0.15, 0.2) is 36.5 Å². The smallest absolute Gasteiger partial charge is 0.306 e. The molecule has 0 saturated carbocycles. The Balaban J connectivity index is 2.49. The van der Waals surface area contributed by atoms with Gasteiger partial charge in [-0.1, -0.05) is 153 Å². The van der Waals surface area contributed by atoms with Gasteiger partial charge in [-0.2, -0.15) is 8.42 Å². The fourth-order valence-electron chi connectivity index (χ4n) is 6.68. The summed E-state index contributed by atoms with van der Waals surface area (Å²) >= 11 is 0. The Morgan fingerprint density at radius 1 is 0.586 bits per heavy atom. The molecule has 1 saturated heterocycles. The number of aliphatic hydroxyl groups is 3. The highest BCUT2D eigenvalue weighted by Crippen LogP contribution is 2.24. The molecule has 2 unspecified atom stereocenters. The van der Waals surface area contributed by atoms with E-state index in [1.165, 1.54) is 89.9 Å². The van der Waals surface area contributed by atoms with Crippen LogP contribution in [-0.4, -0.2) is 96.0 Å². The van der Waals surface area contributed by atoms with E-state index in [-0.39, 0.29) is 19.4 Å². The molecule has 58 heavy (non-hydrogen) atoms. The second kappa shape index (κ2) is 35.6. The minimum Gasteiger partial charge on any atom is -0.462 e. The number of carbonyl (C=O) groups is 2. The quantitative estimate of drug-likeness (QED) is 0.0153. The third-order valence-electron chi connectivity index (χ3n) is 10.2. The van der Waals surface area contributed by atoms with E-state index in [0.29, 0.717) is 12.8 Å². The monoisotopic (exact) mass is 845 g/mol. The van der Waals surface area contributed by atoms with E-state index in [1.54, 1.807) is 0 Å². The molecule has 6 atom stereocenters. The van der Waals surface area contributed by atoms with Gasteiger partial charge in [0.15, 0.2) is 12.4 Å². The zero-order chi connectivity index (χ0) is 42.7. The minimum absolute atomic E-state index is 0.133. The largest absolute Gasteiger partial charge is 0.462 e. The predicted octanol–water partition coefficient (Wildman–Crippen LogP) is 9.00. The van der Waals surface area contributed by atoms with Crippen molar-refractivity contribution in [1.82, 2.24) is 0 Å². The normalized spacial score (nSPS) is 20.7. The molecule has 12 nitrogen and oxygen atoms in total. The van der Waals surface area contributed by atoms with E-state index in [1.807, 2.05) is 6.08 Å². The van der Waals surface area contributed by atoms with Gasteiger partial charge < -0.3 is 34.3 Å². The SMILES string of the molecule is CCCCCC/C=C/C=C/CCCCCCCC(=O)O[C@H](COC(=O)CC/C=C/CCCCCCCCCCCCC)CO[C@H]1O[C@H](CS(=O)(=O)O)[C@@H](O)C(O)C1O. The number of aliphatic hydroxyl groups excluding tert-OH is 3. The van der Waals surface area contributed by atoms with Crippen LogP contribution < -0.4 is 0 Å². The lowest BCUT2D eigenvalue weighted by Gasteiger charge is -2.40. The molecule has 4 N–H and O–H groups in total. The zero-order valence-electron chi connectivity index (χ0n) is 35.9. The fraction of sp³-hybridized carbons (Fsp3) is 0.822. The average Bonchev–Trinajstić information content (AvgIpc) is 3.18. The van der Waals surface area contributed by atoms with Crippen molar-refractivity contribution in [3.63, 3.8) is 0 Å². The van der Waals surface area contributed by atoms with Crippen molar-refractivity contribution in [3.05, 3.63) is 36.5 Å². The van der Waals surface area contributed by atoms with Gasteiger partial charge in [0, 0.05) is 12.8 Å². The molecule has 1 heterocycles. The highest BCUT2D eigenvalue weighted by molar-refractivity contribution is 7.85. The molecule has 0 aliphatic carbocycles. The summed E-state index contributed by atoms with van der Waals surface area (Å²) in [5.41, 5.74) is 0. The number of allylic oxidation sites excluding steroid dienone is 6. The van der Waals surface area contributed by atoms with Crippen molar-refractivity contribution in [3.8, 4) is 0 Å². The summed E-state index contributed by atoms with van der Waals surface area (Å²) in [6.07, 6.45) is 30.6. The van der Waals surface area contributed by atoms with Gasteiger partial charge in [-0.05, 0) is 51.4 Å². The predicted molar refractivity (Wildman–Crippen MR) is 229 cm³/mol. The van der Waals surface area contributed by atoms with Crippen LogP contribution in [0.3, 0.4) is 0 Å². The first-order chi connectivity index (χ1) is 28.0. The lowest BCUT2D eigenvalue weighted by Crippen LogP contribution is -2.60. The van der Waals surface area contributed by atoms with Crippen molar-refractivity contribution in [1.29, 1.82) is 0 Å². The van der Waals surface area contributed by atoms with E-state index < -0.39 is 71.2 Å². The van der Waals surface area contributed by atoms with Gasteiger partial charge in [-0.15, -0.1) is 0 Å². The van der Waals surface area contributed by atoms with Crippen LogP contribution >= 0.6 is 0 Å². The Hall–Kier alpha value is -2.13. The Labute approximate surface area is 351 Å². The van der Waals surface area contributed by atoms with Gasteiger partial charge in [0.05, 0.1) is 6.61 Å². The molecule has 1 aliphatic heterocycles. The van der Waals surface area contributed by atoms with Crippen LogP contribution in [0.4, 0.5) is 0 Å². The zero-order valence-corrected chi connectivity index (χ0v) is 36.7. The summed E-state index contributed by atoms with van der Waals surface area (Å²) in [5, 5.41) is 30.8. The summed E-state index contributed by atoms with van der Waals surface area (Å²) in [6, 6.07) is 0. The molecule has 1 fully saturated rings. The Bertz CT molecular complexity index is 1220. The molecule has 1 aliphatic rings. The molecule has 0 bridgehead atoms. The molecule has 0 amide bonds. The molecule has 13 heteroatoms. The van der Waals surface area contributed by atoms with Gasteiger partial charge in [0.1, 0.15) is 36.8 Å². The van der Waals surface area contributed by atoms with Crippen LogP contribution in [0.2, 0.25) is 0 Å². The number of hydrogen-bond acceptors (Lipinski definition) is 11. The molecule has 0 radical (unpaired) electrons. The standard InChI is InChI=1S/C45H80O12S/c1-3-5-7-9-11-13-15-17-19-21-23-25-27-29-31-33-40(46)54-35-38(36-55-45-44(50)43(49)42(48)39(57-45)37-58(51,52)53)56-41(47)34-32-30-28-26-24-22-20-18-16-14-12-10-8-6-4-2/h14,16,18,20,27,29,38-39,42-45,48-50H,3-13,15,17,19,21-26,28,30-37H2,1-2H3,(H,51,52,53)/b16-14+,20-18+,29-27+/t38-,39-,42-,43?,44?,45+/m1/s1. The van der Waals surface area contributed by atoms with Crippen molar-refractivity contribution in [2.75, 3.05) is 19.0 Å². The molecule has 0 aromatic rings. The number of carbonyl (C=O) groups excluding carboxylic acids is 2. The van der Waals surface area contributed by atoms with Gasteiger partial charge in [0.2, 0.25) is 0 Å². The van der Waals surface area contributed by atoms with Crippen LogP contribution in [0.5, 0.6) is 0 Å². The molecule has 338 valence electrons. The highest BCUT2D eigenvalue weighted by atomic mass is 32.2. The molecule has 0 spiro atoms. The second-order valence-electron chi connectivity index (χ2n) is 15.7. The lowest BCUT2D eigenvalue weighted by atomic mass is 10.00. The van der Waals surface area contributed by atoms with E-state index >= 15 is 0 Å². The minimum atomic E-state index is -4.61. The van der Waals surface area contributed by atoms with Gasteiger partial charge >= 0.3 is 11.9 Å². The van der Waals surface area contributed by atoms with E-state index in [4.69, 9.17) is 18.9 Å². The van der Waals surface area contributed by atoms with Crippen LogP contribution in [0, 0.1) is 0 Å². The lowest BCUT2D eigenvalue weighted by molar-refractivity contribution is -0.297. The third kappa shape index (κ3) is 30.0. The first-order valence-electron chi connectivity index (χ1n) is 22.6. The maximum atomic E-state index is 12.8. The Kier molecular flexibility index (Phi) is 33.1. The van der Waals surface area contributed by atoms with Crippen LogP contribution in [-0.2, 0) is 38.7 Å².